The highest BCUT2D eigenvalue weighted by Gasteiger charge is 2.41. The molecule has 0 saturated heterocycles. The van der Waals surface area contributed by atoms with Gasteiger partial charge in [-0.15, -0.1) is 5.10 Å². The first-order chi connectivity index (χ1) is 11.9. The van der Waals surface area contributed by atoms with E-state index in [0.29, 0.717) is 12.4 Å². The number of benzene rings is 1. The summed E-state index contributed by atoms with van der Waals surface area (Å²) in [5.41, 5.74) is -1.94. The number of rotatable bonds is 6. The monoisotopic (exact) mass is 348 g/mol. The lowest BCUT2D eigenvalue weighted by Gasteiger charge is -2.34. The van der Waals surface area contributed by atoms with Crippen LogP contribution in [0.25, 0.3) is 0 Å². The predicted octanol–water partition coefficient (Wildman–Crippen LogP) is 1.11. The normalized spacial score (nSPS) is 14.9. The number of hydrogen-bond acceptors (Lipinski definition) is 6. The number of carbonyl (C=O) groups excluding carboxylic acids is 1. The first kappa shape index (κ1) is 16.8. The lowest BCUT2D eigenvalue weighted by Crippen LogP contribution is -2.41. The number of aromatic nitrogens is 6. The van der Waals surface area contributed by atoms with Crippen molar-refractivity contribution in [2.24, 2.45) is 0 Å². The second-order valence-electron chi connectivity index (χ2n) is 5.56. The second kappa shape index (κ2) is 6.48. The van der Waals surface area contributed by atoms with Gasteiger partial charge in [0.15, 0.2) is 6.29 Å². The summed E-state index contributed by atoms with van der Waals surface area (Å²) < 4.78 is 30.2. The maximum atomic E-state index is 14.4. The number of aldehydes is 1. The van der Waals surface area contributed by atoms with Gasteiger partial charge in [-0.25, -0.2) is 23.1 Å². The molecule has 0 fully saturated rings. The maximum absolute atomic E-state index is 14.4. The molecule has 0 aliphatic heterocycles. The van der Waals surface area contributed by atoms with Crippen LogP contribution in [-0.2, 0) is 12.1 Å². The molecule has 0 bridgehead atoms. The third kappa shape index (κ3) is 3.15. The van der Waals surface area contributed by atoms with Crippen LogP contribution in [0.5, 0.6) is 0 Å². The zero-order chi connectivity index (χ0) is 18.0. The van der Waals surface area contributed by atoms with E-state index >= 15 is 0 Å². The number of halogens is 2. The molecule has 130 valence electrons. The third-order valence-corrected chi connectivity index (χ3v) is 4.00. The van der Waals surface area contributed by atoms with Gasteiger partial charge in [-0.1, -0.05) is 11.3 Å². The molecule has 3 aromatic rings. The van der Waals surface area contributed by atoms with E-state index in [-0.39, 0.29) is 17.8 Å². The van der Waals surface area contributed by atoms with Crippen molar-refractivity contribution in [1.82, 2.24) is 29.8 Å². The molecule has 0 unspecified atom stereocenters. The van der Waals surface area contributed by atoms with E-state index in [1.165, 1.54) is 28.2 Å². The van der Waals surface area contributed by atoms with Gasteiger partial charge < -0.3 is 5.11 Å². The van der Waals surface area contributed by atoms with E-state index in [0.717, 1.165) is 12.1 Å². The second-order valence-corrected chi connectivity index (χ2v) is 5.56. The molecule has 8 nitrogen and oxygen atoms in total. The van der Waals surface area contributed by atoms with Crippen LogP contribution in [-0.4, -0.2) is 41.2 Å². The highest BCUT2D eigenvalue weighted by Crippen LogP contribution is 2.36. The van der Waals surface area contributed by atoms with Gasteiger partial charge in [-0.2, -0.15) is 5.10 Å². The number of carbonyl (C=O) groups is 1. The van der Waals surface area contributed by atoms with E-state index in [1.54, 1.807) is 6.92 Å². The lowest BCUT2D eigenvalue weighted by molar-refractivity contribution is -0.0374. The van der Waals surface area contributed by atoms with Crippen LogP contribution in [0, 0.1) is 11.6 Å². The van der Waals surface area contributed by atoms with Gasteiger partial charge in [0.05, 0.1) is 18.8 Å². The molecule has 2 aromatic heterocycles. The Bertz CT molecular complexity index is 882. The fraction of sp³-hybridized carbons (Fsp3) is 0.267. The van der Waals surface area contributed by atoms with Crippen molar-refractivity contribution in [2.75, 3.05) is 0 Å². The third-order valence-electron chi connectivity index (χ3n) is 4.00. The van der Waals surface area contributed by atoms with Crippen molar-refractivity contribution in [3.63, 3.8) is 0 Å². The van der Waals surface area contributed by atoms with Crippen molar-refractivity contribution in [2.45, 2.75) is 25.1 Å². The summed E-state index contributed by atoms with van der Waals surface area (Å²) in [6.07, 6.45) is 4.46. The van der Waals surface area contributed by atoms with Crippen LogP contribution in [0.4, 0.5) is 8.78 Å². The first-order valence-corrected chi connectivity index (χ1v) is 7.31. The van der Waals surface area contributed by atoms with Crippen LogP contribution in [0.1, 0.15) is 29.0 Å². The molecule has 10 heteroatoms. The summed E-state index contributed by atoms with van der Waals surface area (Å²) >= 11 is 0. The van der Waals surface area contributed by atoms with Gasteiger partial charge in [0.1, 0.15) is 35.6 Å². The Morgan fingerprint density at radius 3 is 2.80 bits per heavy atom. The minimum Gasteiger partial charge on any atom is -0.381 e. The van der Waals surface area contributed by atoms with Crippen LogP contribution < -0.4 is 0 Å². The Morgan fingerprint density at radius 2 is 2.20 bits per heavy atom. The zero-order valence-corrected chi connectivity index (χ0v) is 13.1. The highest BCUT2D eigenvalue weighted by molar-refractivity contribution is 5.70. The average Bonchev–Trinajstić information content (AvgIpc) is 3.25. The molecule has 1 N–H and O–H groups in total. The largest absolute Gasteiger partial charge is 0.381 e. The summed E-state index contributed by atoms with van der Waals surface area (Å²) in [5, 5.41) is 22.7. The molecule has 0 aliphatic carbocycles. The van der Waals surface area contributed by atoms with Gasteiger partial charge in [-0.3, -0.25) is 4.79 Å². The van der Waals surface area contributed by atoms with Gasteiger partial charge >= 0.3 is 0 Å². The van der Waals surface area contributed by atoms with Crippen molar-refractivity contribution in [3.8, 4) is 0 Å². The Labute approximate surface area is 140 Å². The quantitative estimate of drug-likeness (QED) is 0.670. The smallest absolute Gasteiger partial charge is 0.171 e. The van der Waals surface area contributed by atoms with E-state index in [1.807, 2.05) is 0 Å². The molecule has 1 aromatic carbocycles. The van der Waals surface area contributed by atoms with Crippen LogP contribution in [0.2, 0.25) is 0 Å². The molecular formula is C15H14F2N6O2. The van der Waals surface area contributed by atoms with E-state index in [9.17, 15) is 18.7 Å². The van der Waals surface area contributed by atoms with Gasteiger partial charge in [-0.05, 0) is 13.0 Å². The SMILES string of the molecule is C[C@@H](n1cc(C=O)nn1)[C@](O)(Cn1cncn1)c1ccc(F)cc1F. The molecule has 0 amide bonds. The Morgan fingerprint density at radius 1 is 1.40 bits per heavy atom. The molecule has 25 heavy (non-hydrogen) atoms. The number of hydrogen-bond donors (Lipinski definition) is 1. The van der Waals surface area contributed by atoms with Gasteiger partial charge in [0, 0.05) is 11.6 Å². The molecule has 2 atom stereocenters. The Kier molecular flexibility index (Phi) is 4.36. The summed E-state index contributed by atoms with van der Waals surface area (Å²) in [4.78, 5) is 14.6. The van der Waals surface area contributed by atoms with Crippen molar-refractivity contribution >= 4 is 6.29 Å². The average molecular weight is 348 g/mol. The van der Waals surface area contributed by atoms with Crippen LogP contribution in [0.3, 0.4) is 0 Å². The van der Waals surface area contributed by atoms with Crippen molar-refractivity contribution < 1.29 is 18.7 Å². The molecule has 2 heterocycles. The summed E-state index contributed by atoms with van der Waals surface area (Å²) in [6, 6.07) is 2.05. The molecule has 0 saturated carbocycles. The van der Waals surface area contributed by atoms with Crippen molar-refractivity contribution in [1.29, 1.82) is 0 Å². The fourth-order valence-electron chi connectivity index (χ4n) is 2.60. The topological polar surface area (TPSA) is 98.7 Å². The van der Waals surface area contributed by atoms with E-state index in [4.69, 9.17) is 0 Å². The summed E-state index contributed by atoms with van der Waals surface area (Å²) in [7, 11) is 0. The molecular weight excluding hydrogens is 334 g/mol. The van der Waals surface area contributed by atoms with Gasteiger partial charge in [0.2, 0.25) is 0 Å². The van der Waals surface area contributed by atoms with Crippen molar-refractivity contribution in [3.05, 3.63) is 59.9 Å². The lowest BCUT2D eigenvalue weighted by atomic mass is 9.86. The molecule has 0 aliphatic rings. The van der Waals surface area contributed by atoms with Gasteiger partial charge in [0.25, 0.3) is 0 Å². The van der Waals surface area contributed by atoms with E-state index < -0.39 is 23.3 Å². The Balaban J connectivity index is 2.08. The van der Waals surface area contributed by atoms with Crippen LogP contribution in [0.15, 0.2) is 37.1 Å². The fourth-order valence-corrected chi connectivity index (χ4v) is 2.60. The Hall–Kier alpha value is -3.01. The molecule has 3 rings (SSSR count). The zero-order valence-electron chi connectivity index (χ0n) is 13.1. The predicted molar refractivity (Wildman–Crippen MR) is 80.4 cm³/mol. The standard InChI is InChI=1S/C15H14F2N6O2/c1-10(23-5-12(6-24)20-21-23)15(25,7-22-9-18-8-19-22)13-3-2-11(16)4-14(13)17/h2-6,8-10,25H,7H2,1H3/t10-,15-/m1/s1. The maximum Gasteiger partial charge on any atom is 0.171 e. The first-order valence-electron chi connectivity index (χ1n) is 7.31. The minimum absolute atomic E-state index is 0.0644. The number of nitrogens with zero attached hydrogens (tertiary/aromatic N) is 6. The summed E-state index contributed by atoms with van der Waals surface area (Å²) in [6.45, 7) is 1.40. The minimum atomic E-state index is -1.86. The summed E-state index contributed by atoms with van der Waals surface area (Å²) in [5.74, 6) is -1.67. The molecule has 0 spiro atoms. The molecule has 0 radical (unpaired) electrons. The van der Waals surface area contributed by atoms with Crippen LogP contribution >= 0.6 is 0 Å². The number of aliphatic hydroxyl groups is 1. The highest BCUT2D eigenvalue weighted by atomic mass is 19.1. The van der Waals surface area contributed by atoms with E-state index in [2.05, 4.69) is 20.4 Å².